The molecular formula is C10H13FO. The second-order valence-electron chi connectivity index (χ2n) is 3.37. The van der Waals surface area contributed by atoms with Gasteiger partial charge in [-0.15, -0.1) is 0 Å². The van der Waals surface area contributed by atoms with Gasteiger partial charge in [0.05, 0.1) is 0 Å². The van der Waals surface area contributed by atoms with Crippen molar-refractivity contribution in [2.75, 3.05) is 0 Å². The summed E-state index contributed by atoms with van der Waals surface area (Å²) in [6.07, 6.45) is 0.784. The van der Waals surface area contributed by atoms with Crippen LogP contribution in [0.2, 0.25) is 0 Å². The van der Waals surface area contributed by atoms with Gasteiger partial charge in [0.1, 0.15) is 11.6 Å². The second-order valence-corrected chi connectivity index (χ2v) is 3.37. The van der Waals surface area contributed by atoms with Crippen LogP contribution in [0.25, 0.3) is 0 Å². The van der Waals surface area contributed by atoms with Crippen LogP contribution in [0.1, 0.15) is 19.4 Å². The maximum absolute atomic E-state index is 12.5. The molecule has 2 heteroatoms. The minimum Gasteiger partial charge on any atom is -0.508 e. The highest BCUT2D eigenvalue weighted by atomic mass is 19.1. The highest BCUT2D eigenvalue weighted by Crippen LogP contribution is 2.20. The summed E-state index contributed by atoms with van der Waals surface area (Å²) in [6, 6.07) is 4.15. The van der Waals surface area contributed by atoms with E-state index in [1.54, 1.807) is 6.07 Å². The van der Waals surface area contributed by atoms with Crippen molar-refractivity contribution in [2.45, 2.75) is 20.3 Å². The molecule has 0 aliphatic heterocycles. The molecule has 0 spiro atoms. The van der Waals surface area contributed by atoms with Crippen LogP contribution in [0.3, 0.4) is 0 Å². The first-order valence-corrected chi connectivity index (χ1v) is 4.07. The van der Waals surface area contributed by atoms with Crippen LogP contribution in [-0.4, -0.2) is 5.11 Å². The van der Waals surface area contributed by atoms with Gasteiger partial charge < -0.3 is 5.11 Å². The highest BCUT2D eigenvalue weighted by molar-refractivity contribution is 5.32. The SMILES string of the molecule is CC(C)Cc1ccc(F)cc1O. The average Bonchev–Trinajstić information content (AvgIpc) is 1.94. The van der Waals surface area contributed by atoms with E-state index in [1.807, 2.05) is 0 Å². The van der Waals surface area contributed by atoms with Gasteiger partial charge in [-0.2, -0.15) is 0 Å². The molecule has 0 unspecified atom stereocenters. The fourth-order valence-corrected chi connectivity index (χ4v) is 1.15. The minimum atomic E-state index is -0.389. The molecule has 0 aliphatic rings. The first-order chi connectivity index (χ1) is 5.59. The summed E-state index contributed by atoms with van der Waals surface area (Å²) >= 11 is 0. The fourth-order valence-electron chi connectivity index (χ4n) is 1.15. The highest BCUT2D eigenvalue weighted by Gasteiger charge is 2.04. The zero-order valence-electron chi connectivity index (χ0n) is 7.34. The largest absolute Gasteiger partial charge is 0.508 e. The van der Waals surface area contributed by atoms with Crippen molar-refractivity contribution in [3.05, 3.63) is 29.6 Å². The molecule has 0 aliphatic carbocycles. The molecule has 0 saturated heterocycles. The van der Waals surface area contributed by atoms with Crippen LogP contribution >= 0.6 is 0 Å². The smallest absolute Gasteiger partial charge is 0.126 e. The Labute approximate surface area is 71.9 Å². The average molecular weight is 168 g/mol. The van der Waals surface area contributed by atoms with Crippen LogP contribution in [0, 0.1) is 11.7 Å². The van der Waals surface area contributed by atoms with Gasteiger partial charge >= 0.3 is 0 Å². The Morgan fingerprint density at radius 1 is 1.42 bits per heavy atom. The van der Waals surface area contributed by atoms with Crippen LogP contribution < -0.4 is 0 Å². The van der Waals surface area contributed by atoms with E-state index >= 15 is 0 Å². The zero-order valence-corrected chi connectivity index (χ0v) is 7.34. The van der Waals surface area contributed by atoms with Crippen molar-refractivity contribution in [1.29, 1.82) is 0 Å². The van der Waals surface area contributed by atoms with Crippen molar-refractivity contribution in [3.8, 4) is 5.75 Å². The summed E-state index contributed by atoms with van der Waals surface area (Å²) < 4.78 is 12.5. The molecular weight excluding hydrogens is 155 g/mol. The molecule has 1 rings (SSSR count). The first kappa shape index (κ1) is 9.04. The van der Waals surface area contributed by atoms with Crippen molar-refractivity contribution < 1.29 is 9.50 Å². The number of phenolic OH excluding ortho intramolecular Hbond substituents is 1. The quantitative estimate of drug-likeness (QED) is 0.719. The molecule has 0 bridgehead atoms. The van der Waals surface area contributed by atoms with Crippen LogP contribution in [-0.2, 0) is 6.42 Å². The molecule has 0 atom stereocenters. The van der Waals surface area contributed by atoms with Crippen LogP contribution in [0.5, 0.6) is 5.75 Å². The number of rotatable bonds is 2. The van der Waals surface area contributed by atoms with Crippen LogP contribution in [0.4, 0.5) is 4.39 Å². The van der Waals surface area contributed by atoms with Crippen molar-refractivity contribution in [3.63, 3.8) is 0 Å². The number of aromatic hydroxyl groups is 1. The van der Waals surface area contributed by atoms with Gasteiger partial charge in [0, 0.05) is 6.07 Å². The Hall–Kier alpha value is -1.05. The second kappa shape index (κ2) is 3.57. The molecule has 1 nitrogen and oxygen atoms in total. The molecule has 0 radical (unpaired) electrons. The van der Waals surface area contributed by atoms with E-state index in [4.69, 9.17) is 0 Å². The van der Waals surface area contributed by atoms with Crippen molar-refractivity contribution in [2.24, 2.45) is 5.92 Å². The summed E-state index contributed by atoms with van der Waals surface area (Å²) in [7, 11) is 0. The number of hydrogen-bond acceptors (Lipinski definition) is 1. The van der Waals surface area contributed by atoms with E-state index in [0.29, 0.717) is 5.92 Å². The molecule has 1 N–H and O–H groups in total. The summed E-state index contributed by atoms with van der Waals surface area (Å²) in [5, 5.41) is 9.30. The van der Waals surface area contributed by atoms with Gasteiger partial charge in [-0.1, -0.05) is 19.9 Å². The standard InChI is InChI=1S/C10H13FO/c1-7(2)5-8-3-4-9(11)6-10(8)12/h3-4,6-7,12H,5H2,1-2H3. The first-order valence-electron chi connectivity index (χ1n) is 4.07. The molecule has 0 fully saturated rings. The zero-order chi connectivity index (χ0) is 9.14. The van der Waals surface area contributed by atoms with Crippen LogP contribution in [0.15, 0.2) is 18.2 Å². The van der Waals surface area contributed by atoms with Gasteiger partial charge in [-0.25, -0.2) is 4.39 Å². The monoisotopic (exact) mass is 168 g/mol. The van der Waals surface area contributed by atoms with Gasteiger partial charge in [-0.05, 0) is 24.0 Å². The van der Waals surface area contributed by atoms with E-state index in [1.165, 1.54) is 6.07 Å². The lowest BCUT2D eigenvalue weighted by Crippen LogP contribution is -1.94. The molecule has 0 aromatic heterocycles. The lowest BCUT2D eigenvalue weighted by atomic mass is 10.0. The molecule has 66 valence electrons. The Kier molecular flexibility index (Phi) is 2.69. The van der Waals surface area contributed by atoms with Gasteiger partial charge in [0.25, 0.3) is 0 Å². The predicted octanol–water partition coefficient (Wildman–Crippen LogP) is 2.73. The van der Waals surface area contributed by atoms with E-state index in [2.05, 4.69) is 13.8 Å². The Morgan fingerprint density at radius 2 is 2.08 bits per heavy atom. The third-order valence-electron chi connectivity index (χ3n) is 1.68. The maximum Gasteiger partial charge on any atom is 0.126 e. The lowest BCUT2D eigenvalue weighted by Gasteiger charge is -2.06. The number of halogens is 1. The third-order valence-corrected chi connectivity index (χ3v) is 1.68. The molecule has 0 amide bonds. The van der Waals surface area contributed by atoms with E-state index in [0.717, 1.165) is 18.1 Å². The summed E-state index contributed by atoms with van der Waals surface area (Å²) in [4.78, 5) is 0. The lowest BCUT2D eigenvalue weighted by molar-refractivity contribution is 0.456. The molecule has 0 heterocycles. The van der Waals surface area contributed by atoms with Gasteiger partial charge in [0.15, 0.2) is 0 Å². The Bertz CT molecular complexity index is 269. The summed E-state index contributed by atoms with van der Waals surface area (Å²) in [5.41, 5.74) is 0.811. The molecule has 1 aromatic carbocycles. The maximum atomic E-state index is 12.5. The fraction of sp³-hybridized carbons (Fsp3) is 0.400. The molecule has 1 aromatic rings. The Morgan fingerprint density at radius 3 is 2.58 bits per heavy atom. The summed E-state index contributed by atoms with van der Waals surface area (Å²) in [5.74, 6) is 0.144. The van der Waals surface area contributed by atoms with E-state index in [-0.39, 0.29) is 11.6 Å². The number of phenols is 1. The Balaban J connectivity index is 2.86. The normalized spacial score (nSPS) is 10.7. The van der Waals surface area contributed by atoms with Crippen molar-refractivity contribution >= 4 is 0 Å². The topological polar surface area (TPSA) is 20.2 Å². The van der Waals surface area contributed by atoms with E-state index in [9.17, 15) is 9.50 Å². The number of hydrogen-bond donors (Lipinski definition) is 1. The van der Waals surface area contributed by atoms with Gasteiger partial charge in [-0.3, -0.25) is 0 Å². The third kappa shape index (κ3) is 2.22. The van der Waals surface area contributed by atoms with E-state index < -0.39 is 0 Å². The molecule has 0 saturated carbocycles. The van der Waals surface area contributed by atoms with Gasteiger partial charge in [0.2, 0.25) is 0 Å². The predicted molar refractivity (Wildman–Crippen MR) is 46.6 cm³/mol. The summed E-state index contributed by atoms with van der Waals surface area (Å²) in [6.45, 7) is 4.12. The minimum absolute atomic E-state index is 0.0590. The molecule has 12 heavy (non-hydrogen) atoms. The number of benzene rings is 1. The van der Waals surface area contributed by atoms with Crippen molar-refractivity contribution in [1.82, 2.24) is 0 Å².